The Bertz CT molecular complexity index is 509. The highest BCUT2D eigenvalue weighted by Gasteiger charge is 2.21. The Labute approximate surface area is 112 Å². The van der Waals surface area contributed by atoms with E-state index in [0.29, 0.717) is 23.7 Å². The van der Waals surface area contributed by atoms with Crippen molar-refractivity contribution in [1.29, 1.82) is 0 Å². The van der Waals surface area contributed by atoms with Crippen LogP contribution in [0.4, 0.5) is 17.1 Å². The van der Waals surface area contributed by atoms with E-state index >= 15 is 0 Å². The van der Waals surface area contributed by atoms with E-state index in [1.807, 2.05) is 11.9 Å². The summed E-state index contributed by atoms with van der Waals surface area (Å²) in [6.07, 6.45) is 0. The summed E-state index contributed by atoms with van der Waals surface area (Å²) in [5.41, 5.74) is 7.03. The number of amides is 1. The van der Waals surface area contributed by atoms with Gasteiger partial charge in [-0.1, -0.05) is 0 Å². The van der Waals surface area contributed by atoms with Crippen LogP contribution < -0.4 is 20.7 Å². The molecule has 0 unspecified atom stereocenters. The molecule has 4 N–H and O–H groups in total. The Morgan fingerprint density at radius 3 is 2.84 bits per heavy atom. The van der Waals surface area contributed by atoms with Crippen molar-refractivity contribution in [3.05, 3.63) is 12.1 Å². The van der Waals surface area contributed by atoms with Crippen LogP contribution in [0.5, 0.6) is 5.75 Å². The lowest BCUT2D eigenvalue weighted by atomic mass is 10.1. The maximum absolute atomic E-state index is 11.3. The number of nitrogen functional groups attached to an aromatic ring is 1. The fraction of sp³-hybridized carbons (Fsp3) is 0.462. The third-order valence-corrected chi connectivity index (χ3v) is 2.80. The fourth-order valence-electron chi connectivity index (χ4n) is 2.13. The number of fused-ring (bicyclic) bond motifs is 1. The standard InChI is InChI=1S/C13H19N3O3/c1-13(2,18)7-16(3)10-5-9-11(4-8(10)14)19-6-12(17)15-9/h4-5,18H,6-7,14H2,1-3H3,(H,15,17). The minimum Gasteiger partial charge on any atom is -0.482 e. The van der Waals surface area contributed by atoms with Gasteiger partial charge in [0.1, 0.15) is 5.75 Å². The molecule has 0 radical (unpaired) electrons. The zero-order chi connectivity index (χ0) is 14.2. The van der Waals surface area contributed by atoms with Crippen molar-refractivity contribution in [3.63, 3.8) is 0 Å². The predicted molar refractivity (Wildman–Crippen MR) is 74.5 cm³/mol. The summed E-state index contributed by atoms with van der Waals surface area (Å²) in [7, 11) is 1.83. The largest absolute Gasteiger partial charge is 0.482 e. The van der Waals surface area contributed by atoms with Crippen LogP contribution in [0.2, 0.25) is 0 Å². The van der Waals surface area contributed by atoms with Gasteiger partial charge in [0.2, 0.25) is 0 Å². The monoisotopic (exact) mass is 265 g/mol. The number of nitrogens with one attached hydrogen (secondary N) is 1. The van der Waals surface area contributed by atoms with E-state index in [4.69, 9.17) is 10.5 Å². The molecule has 104 valence electrons. The molecule has 1 aromatic rings. The van der Waals surface area contributed by atoms with E-state index in [0.717, 1.165) is 5.69 Å². The highest BCUT2D eigenvalue weighted by molar-refractivity contribution is 5.97. The van der Waals surface area contributed by atoms with E-state index in [1.54, 1.807) is 26.0 Å². The summed E-state index contributed by atoms with van der Waals surface area (Å²) in [6, 6.07) is 3.44. The van der Waals surface area contributed by atoms with Crippen molar-refractivity contribution >= 4 is 23.0 Å². The quantitative estimate of drug-likeness (QED) is 0.704. The SMILES string of the molecule is CN(CC(C)(C)O)c1cc2c(cc1N)OCC(=O)N2. The van der Waals surface area contributed by atoms with Crippen LogP contribution in [0.1, 0.15) is 13.8 Å². The molecule has 0 spiro atoms. The summed E-state index contributed by atoms with van der Waals surface area (Å²) in [5, 5.41) is 12.6. The van der Waals surface area contributed by atoms with Crippen LogP contribution in [-0.2, 0) is 4.79 Å². The molecule has 0 fully saturated rings. The average molecular weight is 265 g/mol. The van der Waals surface area contributed by atoms with Gasteiger partial charge in [0.25, 0.3) is 5.91 Å². The van der Waals surface area contributed by atoms with Crippen LogP contribution in [0.25, 0.3) is 0 Å². The number of nitrogens with zero attached hydrogens (tertiary/aromatic N) is 1. The lowest BCUT2D eigenvalue weighted by Gasteiger charge is -2.29. The van der Waals surface area contributed by atoms with Crippen molar-refractivity contribution < 1.29 is 14.6 Å². The molecule has 6 nitrogen and oxygen atoms in total. The molecule has 2 rings (SSSR count). The van der Waals surface area contributed by atoms with Crippen LogP contribution in [0.3, 0.4) is 0 Å². The zero-order valence-electron chi connectivity index (χ0n) is 11.4. The highest BCUT2D eigenvalue weighted by Crippen LogP contribution is 2.36. The minimum absolute atomic E-state index is 0.00526. The lowest BCUT2D eigenvalue weighted by molar-refractivity contribution is -0.118. The van der Waals surface area contributed by atoms with E-state index in [1.165, 1.54) is 0 Å². The number of benzene rings is 1. The first-order chi connectivity index (χ1) is 8.76. The molecule has 1 aliphatic heterocycles. The Hall–Kier alpha value is -1.95. The first kappa shape index (κ1) is 13.5. The summed E-state index contributed by atoms with van der Waals surface area (Å²) in [4.78, 5) is 13.1. The molecule has 1 aliphatic rings. The van der Waals surface area contributed by atoms with Crippen molar-refractivity contribution in [2.75, 3.05) is 36.1 Å². The predicted octanol–water partition coefficient (Wildman–Crippen LogP) is 0.807. The van der Waals surface area contributed by atoms with Crippen LogP contribution in [-0.4, -0.2) is 36.8 Å². The number of hydrogen-bond acceptors (Lipinski definition) is 5. The zero-order valence-corrected chi connectivity index (χ0v) is 11.4. The molecule has 0 aliphatic carbocycles. The second kappa shape index (κ2) is 4.62. The second-order valence-corrected chi connectivity index (χ2v) is 5.41. The Morgan fingerprint density at radius 1 is 1.53 bits per heavy atom. The molecule has 6 heteroatoms. The minimum atomic E-state index is -0.836. The summed E-state index contributed by atoms with van der Waals surface area (Å²) in [6.45, 7) is 3.88. The number of carbonyl (C=O) groups is 1. The van der Waals surface area contributed by atoms with Gasteiger partial charge >= 0.3 is 0 Å². The molecule has 0 saturated heterocycles. The lowest BCUT2D eigenvalue weighted by Crippen LogP contribution is -2.36. The Morgan fingerprint density at radius 2 is 2.21 bits per heavy atom. The van der Waals surface area contributed by atoms with Crippen LogP contribution in [0, 0.1) is 0 Å². The first-order valence-corrected chi connectivity index (χ1v) is 6.06. The number of ether oxygens (including phenoxy) is 1. The van der Waals surface area contributed by atoms with Gasteiger partial charge in [-0.2, -0.15) is 0 Å². The smallest absolute Gasteiger partial charge is 0.262 e. The Kier molecular flexibility index (Phi) is 3.28. The van der Waals surface area contributed by atoms with Crippen molar-refractivity contribution in [2.45, 2.75) is 19.4 Å². The van der Waals surface area contributed by atoms with Gasteiger partial charge in [0.15, 0.2) is 6.61 Å². The molecule has 19 heavy (non-hydrogen) atoms. The number of likely N-dealkylation sites (N-methyl/N-ethyl adjacent to an activating group) is 1. The molecule has 0 saturated carbocycles. The van der Waals surface area contributed by atoms with Gasteiger partial charge in [-0.3, -0.25) is 4.79 Å². The van der Waals surface area contributed by atoms with Gasteiger partial charge < -0.3 is 25.8 Å². The fourth-order valence-corrected chi connectivity index (χ4v) is 2.13. The number of aliphatic hydroxyl groups is 1. The summed E-state index contributed by atoms with van der Waals surface area (Å²) >= 11 is 0. The summed E-state index contributed by atoms with van der Waals surface area (Å²) in [5.74, 6) is 0.380. The summed E-state index contributed by atoms with van der Waals surface area (Å²) < 4.78 is 5.29. The maximum atomic E-state index is 11.3. The van der Waals surface area contributed by atoms with E-state index < -0.39 is 5.60 Å². The molecular formula is C13H19N3O3. The third kappa shape index (κ3) is 3.08. The maximum Gasteiger partial charge on any atom is 0.262 e. The highest BCUT2D eigenvalue weighted by atomic mass is 16.5. The molecule has 1 heterocycles. The normalized spacial score (nSPS) is 14.4. The van der Waals surface area contributed by atoms with Gasteiger partial charge in [-0.05, 0) is 19.9 Å². The number of hydrogen-bond donors (Lipinski definition) is 3. The molecule has 1 aromatic carbocycles. The van der Waals surface area contributed by atoms with Gasteiger partial charge in [-0.25, -0.2) is 0 Å². The van der Waals surface area contributed by atoms with E-state index in [2.05, 4.69) is 5.32 Å². The first-order valence-electron chi connectivity index (χ1n) is 6.06. The van der Waals surface area contributed by atoms with Gasteiger partial charge in [0.05, 0.1) is 22.7 Å². The molecule has 1 amide bonds. The molecule has 0 atom stereocenters. The topological polar surface area (TPSA) is 87.8 Å². The van der Waals surface area contributed by atoms with Gasteiger partial charge in [0, 0.05) is 19.7 Å². The van der Waals surface area contributed by atoms with Crippen molar-refractivity contribution in [2.24, 2.45) is 0 Å². The van der Waals surface area contributed by atoms with Crippen LogP contribution in [0.15, 0.2) is 12.1 Å². The van der Waals surface area contributed by atoms with Crippen molar-refractivity contribution in [1.82, 2.24) is 0 Å². The average Bonchev–Trinajstić information content (AvgIpc) is 2.26. The molecule has 0 bridgehead atoms. The Balaban J connectivity index is 2.31. The second-order valence-electron chi connectivity index (χ2n) is 5.41. The van der Waals surface area contributed by atoms with Crippen LogP contribution >= 0.6 is 0 Å². The number of carbonyl (C=O) groups excluding carboxylic acids is 1. The van der Waals surface area contributed by atoms with Gasteiger partial charge in [-0.15, -0.1) is 0 Å². The van der Waals surface area contributed by atoms with Crippen molar-refractivity contribution in [3.8, 4) is 5.75 Å². The number of rotatable bonds is 3. The third-order valence-electron chi connectivity index (χ3n) is 2.80. The van der Waals surface area contributed by atoms with E-state index in [9.17, 15) is 9.90 Å². The van der Waals surface area contributed by atoms with E-state index in [-0.39, 0.29) is 12.5 Å². The molecule has 0 aromatic heterocycles. The molecular weight excluding hydrogens is 246 g/mol. The number of nitrogens with two attached hydrogens (primary N) is 1. The number of anilines is 3.